The Balaban J connectivity index is 0.000000153. The number of carbonyl (C=O) groups is 1. The first kappa shape index (κ1) is 37.2. The number of aryl methyl sites for hydroxylation is 1. The molecule has 1 saturated carbocycles. The van der Waals surface area contributed by atoms with Crippen molar-refractivity contribution in [1.82, 2.24) is 0 Å². The Hall–Kier alpha value is -3.67. The molecule has 0 saturated heterocycles. The van der Waals surface area contributed by atoms with Gasteiger partial charge in [-0.3, -0.25) is 4.79 Å². The third-order valence-electron chi connectivity index (χ3n) is 8.77. The smallest absolute Gasteiger partial charge is 0.227 e. The molecule has 3 aliphatic heterocycles. The zero-order valence-corrected chi connectivity index (χ0v) is 31.8. The number of benzene rings is 3. The van der Waals surface area contributed by atoms with Gasteiger partial charge in [0.2, 0.25) is 5.91 Å². The second kappa shape index (κ2) is 14.4. The predicted octanol–water partition coefficient (Wildman–Crippen LogP) is 9.78. The number of rotatable bonds is 0. The maximum absolute atomic E-state index is 11.3. The van der Waals surface area contributed by atoms with Gasteiger partial charge in [0, 0.05) is 37.3 Å². The number of carbonyl (C=O) groups excluding carboxylic acids is 1. The second-order valence-electron chi connectivity index (χ2n) is 17.3. The fourth-order valence-electron chi connectivity index (χ4n) is 5.87. The molecule has 0 unspecified atom stereocenters. The summed E-state index contributed by atoms with van der Waals surface area (Å²) in [5, 5.41) is 3.50. The van der Waals surface area contributed by atoms with Crippen LogP contribution in [0.15, 0.2) is 60.7 Å². The monoisotopic (exact) mass is 655 g/mol. The van der Waals surface area contributed by atoms with Crippen molar-refractivity contribution in [2.75, 3.05) is 48.9 Å². The minimum absolute atomic E-state index is 0.119. The Morgan fingerprint density at radius 1 is 0.708 bits per heavy atom. The summed E-state index contributed by atoms with van der Waals surface area (Å²) < 4.78 is 12.0. The lowest BCUT2D eigenvalue weighted by Crippen LogP contribution is -2.34. The van der Waals surface area contributed by atoms with Gasteiger partial charge in [0.25, 0.3) is 0 Å². The van der Waals surface area contributed by atoms with Crippen molar-refractivity contribution in [3.63, 3.8) is 0 Å². The van der Waals surface area contributed by atoms with Crippen molar-refractivity contribution in [2.45, 2.75) is 111 Å². The summed E-state index contributed by atoms with van der Waals surface area (Å²) in [5.41, 5.74) is 8.22. The van der Waals surface area contributed by atoms with E-state index >= 15 is 0 Å². The van der Waals surface area contributed by atoms with E-state index in [0.717, 1.165) is 49.0 Å². The van der Waals surface area contributed by atoms with Gasteiger partial charge in [-0.15, -0.1) is 0 Å². The van der Waals surface area contributed by atoms with Crippen LogP contribution in [0.4, 0.5) is 17.1 Å². The first-order valence-corrected chi connectivity index (χ1v) is 17.7. The van der Waals surface area contributed by atoms with E-state index in [0.29, 0.717) is 11.8 Å². The van der Waals surface area contributed by atoms with E-state index < -0.39 is 0 Å². The van der Waals surface area contributed by atoms with Gasteiger partial charge in [-0.05, 0) is 59.3 Å². The number of likely N-dealkylation sites (N-methyl/N-ethyl adjacent to an activating group) is 1. The van der Waals surface area contributed by atoms with Gasteiger partial charge < -0.3 is 24.6 Å². The molecule has 0 aromatic heterocycles. The molecule has 1 amide bonds. The van der Waals surface area contributed by atoms with Gasteiger partial charge in [-0.25, -0.2) is 0 Å². The third kappa shape index (κ3) is 9.70. The number of anilines is 3. The summed E-state index contributed by atoms with van der Waals surface area (Å²) >= 11 is 0. The molecule has 0 atom stereocenters. The van der Waals surface area contributed by atoms with E-state index in [1.807, 2.05) is 25.2 Å². The van der Waals surface area contributed by atoms with Crippen LogP contribution in [0, 0.1) is 5.41 Å². The van der Waals surface area contributed by atoms with E-state index in [9.17, 15) is 4.79 Å². The number of nitrogens with one attached hydrogen (secondary N) is 1. The van der Waals surface area contributed by atoms with Crippen molar-refractivity contribution < 1.29 is 14.3 Å². The molecule has 3 aromatic rings. The molecular formula is C42H61N3O3. The second-order valence-corrected chi connectivity index (χ2v) is 17.3. The highest BCUT2D eigenvalue weighted by Crippen LogP contribution is 2.49. The van der Waals surface area contributed by atoms with Crippen molar-refractivity contribution in [2.24, 2.45) is 5.41 Å². The zero-order chi connectivity index (χ0) is 35.5. The number of fused-ring (bicyclic) bond motifs is 3. The molecule has 262 valence electrons. The number of amides is 1. The Morgan fingerprint density at radius 2 is 1.27 bits per heavy atom. The maximum atomic E-state index is 11.3. The lowest BCUT2D eigenvalue weighted by molar-refractivity contribution is -0.118. The number of nitrogens with zero attached hydrogens (tertiary/aromatic N) is 2. The van der Waals surface area contributed by atoms with Gasteiger partial charge in [0.1, 0.15) is 23.7 Å². The first-order chi connectivity index (χ1) is 22.3. The number of hydrogen-bond acceptors (Lipinski definition) is 5. The summed E-state index contributed by atoms with van der Waals surface area (Å²) in [6.07, 6.45) is 3.92. The normalized spacial score (nSPS) is 17.2. The van der Waals surface area contributed by atoms with Crippen LogP contribution in [0.1, 0.15) is 105 Å². The highest BCUT2D eigenvalue weighted by atomic mass is 16.5. The fourth-order valence-corrected chi connectivity index (χ4v) is 5.87. The highest BCUT2D eigenvalue weighted by Gasteiger charge is 2.48. The van der Waals surface area contributed by atoms with Crippen molar-refractivity contribution in [3.8, 4) is 11.5 Å². The standard InChI is InChI=1S/C14H19NO.C13H19NO.C10H11NO.C5H12/c1-13(2,3)10-5-4-6-11-12(10)16-14(7-8-14)9-15-11;1-13(2,3)10-6-5-7-11-12(10)15-9-8-14(11)4;1-11-9-5-3-2-4-8(9)6-7-10(11)12;1-5(2,3)4/h4-6,15H,7-9H2,1-3H3;5-7H,8-9H2,1-4H3;2-5H,6-7H2,1H3;1-4H3. The van der Waals surface area contributed by atoms with Gasteiger partial charge in [-0.1, -0.05) is 112 Å². The Morgan fingerprint density at radius 3 is 1.88 bits per heavy atom. The van der Waals surface area contributed by atoms with Crippen LogP contribution in [0.2, 0.25) is 0 Å². The van der Waals surface area contributed by atoms with E-state index in [-0.39, 0.29) is 22.3 Å². The van der Waals surface area contributed by atoms with Crippen molar-refractivity contribution >= 4 is 23.0 Å². The average Bonchev–Trinajstić information content (AvgIpc) is 3.76. The lowest BCUT2D eigenvalue weighted by atomic mass is 9.85. The Kier molecular flexibility index (Phi) is 11.2. The van der Waals surface area contributed by atoms with Crippen molar-refractivity contribution in [3.05, 3.63) is 77.4 Å². The molecule has 1 N–H and O–H groups in total. The molecule has 1 spiro atoms. The third-order valence-corrected chi connectivity index (χ3v) is 8.77. The van der Waals surface area contributed by atoms with Gasteiger partial charge in [0.15, 0.2) is 0 Å². The van der Waals surface area contributed by atoms with Crippen molar-refractivity contribution in [1.29, 1.82) is 0 Å². The summed E-state index contributed by atoms with van der Waals surface area (Å²) in [6, 6.07) is 20.9. The zero-order valence-electron chi connectivity index (χ0n) is 31.8. The molecule has 0 bridgehead atoms. The molecule has 3 aromatic carbocycles. The minimum Gasteiger partial charge on any atom is -0.489 e. The van der Waals surface area contributed by atoms with Gasteiger partial charge in [-0.2, -0.15) is 0 Å². The molecule has 6 heteroatoms. The first-order valence-electron chi connectivity index (χ1n) is 17.7. The van der Waals surface area contributed by atoms with Crippen LogP contribution in [-0.4, -0.2) is 45.3 Å². The summed E-state index contributed by atoms with van der Waals surface area (Å²) in [4.78, 5) is 15.3. The molecule has 3 heterocycles. The lowest BCUT2D eigenvalue weighted by Gasteiger charge is -2.32. The molecule has 48 heavy (non-hydrogen) atoms. The average molecular weight is 656 g/mol. The number of hydrogen-bond donors (Lipinski definition) is 1. The van der Waals surface area contributed by atoms with Crippen LogP contribution in [0.3, 0.4) is 0 Å². The molecular weight excluding hydrogens is 594 g/mol. The van der Waals surface area contributed by atoms with E-state index in [4.69, 9.17) is 9.47 Å². The molecule has 4 aliphatic rings. The largest absolute Gasteiger partial charge is 0.489 e. The van der Waals surface area contributed by atoms with E-state index in [2.05, 4.69) is 129 Å². The van der Waals surface area contributed by atoms with Crippen LogP contribution >= 0.6 is 0 Å². The maximum Gasteiger partial charge on any atom is 0.227 e. The van der Waals surface area contributed by atoms with Gasteiger partial charge in [0.05, 0.1) is 24.5 Å². The predicted molar refractivity (Wildman–Crippen MR) is 203 cm³/mol. The van der Waals surface area contributed by atoms with Crippen LogP contribution in [0.25, 0.3) is 0 Å². The Bertz CT molecular complexity index is 1550. The quantitative estimate of drug-likeness (QED) is 0.261. The number of para-hydroxylation sites is 3. The van der Waals surface area contributed by atoms with E-state index in [1.165, 1.54) is 35.2 Å². The molecule has 6 nitrogen and oxygen atoms in total. The topological polar surface area (TPSA) is 54.0 Å². The highest BCUT2D eigenvalue weighted by molar-refractivity contribution is 5.95. The summed E-state index contributed by atoms with van der Waals surface area (Å²) in [6.45, 7) is 24.9. The van der Waals surface area contributed by atoms with Crippen LogP contribution in [0.5, 0.6) is 11.5 Å². The van der Waals surface area contributed by atoms with Crippen LogP contribution in [-0.2, 0) is 22.0 Å². The van der Waals surface area contributed by atoms with Crippen LogP contribution < -0.4 is 24.6 Å². The molecule has 1 fully saturated rings. The van der Waals surface area contributed by atoms with E-state index in [1.54, 1.807) is 4.90 Å². The fraction of sp³-hybridized carbons (Fsp3) is 0.548. The number of ether oxygens (including phenoxy) is 2. The summed E-state index contributed by atoms with van der Waals surface area (Å²) in [7, 11) is 3.95. The minimum atomic E-state index is 0.119. The van der Waals surface area contributed by atoms with Gasteiger partial charge >= 0.3 is 0 Å². The molecule has 7 rings (SSSR count). The molecule has 1 aliphatic carbocycles. The summed E-state index contributed by atoms with van der Waals surface area (Å²) in [5.74, 6) is 2.37. The Labute approximate surface area is 291 Å². The SMILES string of the molecule is CC(C)(C)C.CC(C)(C)c1cccc2c1OC1(CC1)CN2.CN1C(=O)CCc2ccccc21.CN1CCOc2c1cccc2C(C)(C)C. The molecule has 0 radical (unpaired) electrons.